The van der Waals surface area contributed by atoms with Crippen molar-refractivity contribution in [2.24, 2.45) is 0 Å². The van der Waals surface area contributed by atoms with Gasteiger partial charge in [0.15, 0.2) is 0 Å². The van der Waals surface area contributed by atoms with Crippen LogP contribution in [0.25, 0.3) is 0 Å². The molecule has 5 heteroatoms. The number of carbonyl (C=O) groups is 1. The minimum atomic E-state index is -0.0425. The molecule has 3 nitrogen and oxygen atoms in total. The zero-order chi connectivity index (χ0) is 16.5. The summed E-state index contributed by atoms with van der Waals surface area (Å²) in [6, 6.07) is 13.7. The zero-order valence-corrected chi connectivity index (χ0v) is 15.3. The highest BCUT2D eigenvalue weighted by atomic mass is 79.9. The van der Waals surface area contributed by atoms with Crippen LogP contribution in [0.4, 0.5) is 0 Å². The topological polar surface area (TPSA) is 33.2 Å². The van der Waals surface area contributed by atoms with Crippen LogP contribution in [0, 0.1) is 0 Å². The monoisotopic (exact) mass is 398 g/mol. The van der Waals surface area contributed by atoms with E-state index in [9.17, 15) is 4.79 Å². The number of hydrogen-bond donors (Lipinski definition) is 0. The Kier molecular flexibility index (Phi) is 4.21. The standard InChI is InChI=1S/C19H15BrN2OS/c20-15-3-1-14(2-4-15)19(23)22-11-7-17-16(8-12-24-17)18(22)13-5-9-21-10-6-13/h1-6,8-10,12,18H,7,11H2. The van der Waals surface area contributed by atoms with E-state index in [0.717, 1.165) is 28.6 Å². The molecule has 1 aromatic carbocycles. The minimum Gasteiger partial charge on any atom is -0.327 e. The molecule has 1 amide bonds. The number of halogens is 1. The van der Waals surface area contributed by atoms with Crippen LogP contribution in [0.15, 0.2) is 64.7 Å². The highest BCUT2D eigenvalue weighted by Crippen LogP contribution is 2.38. The minimum absolute atomic E-state index is 0.0425. The molecule has 24 heavy (non-hydrogen) atoms. The summed E-state index contributed by atoms with van der Waals surface area (Å²) in [5.74, 6) is 0.0705. The van der Waals surface area contributed by atoms with Crippen LogP contribution in [-0.4, -0.2) is 22.3 Å². The largest absolute Gasteiger partial charge is 0.327 e. The van der Waals surface area contributed by atoms with Gasteiger partial charge < -0.3 is 4.90 Å². The van der Waals surface area contributed by atoms with Gasteiger partial charge in [0, 0.05) is 33.9 Å². The van der Waals surface area contributed by atoms with Crippen molar-refractivity contribution in [1.82, 2.24) is 9.88 Å². The van der Waals surface area contributed by atoms with E-state index in [1.165, 1.54) is 10.4 Å². The Morgan fingerprint density at radius 1 is 1.12 bits per heavy atom. The lowest BCUT2D eigenvalue weighted by atomic mass is 9.93. The van der Waals surface area contributed by atoms with Crippen LogP contribution in [-0.2, 0) is 6.42 Å². The molecule has 0 spiro atoms. The molecule has 0 aliphatic carbocycles. The van der Waals surface area contributed by atoms with Crippen LogP contribution in [0.2, 0.25) is 0 Å². The molecule has 0 saturated carbocycles. The van der Waals surface area contributed by atoms with Gasteiger partial charge in [-0.3, -0.25) is 9.78 Å². The number of pyridine rings is 1. The summed E-state index contributed by atoms with van der Waals surface area (Å²) in [5.41, 5.74) is 3.06. The molecule has 3 heterocycles. The summed E-state index contributed by atoms with van der Waals surface area (Å²) in [6.07, 6.45) is 4.49. The predicted octanol–water partition coefficient (Wildman–Crippen LogP) is 4.69. The van der Waals surface area contributed by atoms with E-state index in [1.807, 2.05) is 41.3 Å². The molecule has 1 aliphatic rings. The van der Waals surface area contributed by atoms with Gasteiger partial charge in [0.2, 0.25) is 0 Å². The first-order valence-corrected chi connectivity index (χ1v) is 9.44. The second-order valence-electron chi connectivity index (χ2n) is 5.74. The normalized spacial score (nSPS) is 16.7. The van der Waals surface area contributed by atoms with Gasteiger partial charge in [0.1, 0.15) is 0 Å². The molecule has 1 unspecified atom stereocenters. The Hall–Kier alpha value is -1.98. The van der Waals surface area contributed by atoms with Crippen molar-refractivity contribution in [1.29, 1.82) is 0 Å². The fraction of sp³-hybridized carbons (Fsp3) is 0.158. The predicted molar refractivity (Wildman–Crippen MR) is 99.3 cm³/mol. The summed E-state index contributed by atoms with van der Waals surface area (Å²) < 4.78 is 0.975. The third kappa shape index (κ3) is 2.78. The number of fused-ring (bicyclic) bond motifs is 1. The van der Waals surface area contributed by atoms with Gasteiger partial charge in [-0.05, 0) is 65.4 Å². The molecule has 1 aliphatic heterocycles. The van der Waals surface area contributed by atoms with Gasteiger partial charge >= 0.3 is 0 Å². The Balaban J connectivity index is 1.76. The van der Waals surface area contributed by atoms with Crippen LogP contribution in [0.5, 0.6) is 0 Å². The lowest BCUT2D eigenvalue weighted by Crippen LogP contribution is -2.40. The molecule has 0 bridgehead atoms. The highest BCUT2D eigenvalue weighted by Gasteiger charge is 2.33. The van der Waals surface area contributed by atoms with Crippen molar-refractivity contribution >= 4 is 33.2 Å². The highest BCUT2D eigenvalue weighted by molar-refractivity contribution is 9.10. The van der Waals surface area contributed by atoms with E-state index in [-0.39, 0.29) is 11.9 Å². The van der Waals surface area contributed by atoms with Gasteiger partial charge in [-0.15, -0.1) is 11.3 Å². The van der Waals surface area contributed by atoms with E-state index in [4.69, 9.17) is 0 Å². The Morgan fingerprint density at radius 3 is 2.62 bits per heavy atom. The second-order valence-corrected chi connectivity index (χ2v) is 7.65. The molecule has 0 saturated heterocycles. The summed E-state index contributed by atoms with van der Waals surface area (Å²) in [5, 5.41) is 2.12. The van der Waals surface area contributed by atoms with E-state index in [2.05, 4.69) is 32.4 Å². The van der Waals surface area contributed by atoms with Crippen molar-refractivity contribution in [3.63, 3.8) is 0 Å². The molecule has 0 N–H and O–H groups in total. The maximum absolute atomic E-state index is 13.1. The van der Waals surface area contributed by atoms with Crippen molar-refractivity contribution < 1.29 is 4.79 Å². The summed E-state index contributed by atoms with van der Waals surface area (Å²) in [6.45, 7) is 0.732. The number of nitrogens with zero attached hydrogens (tertiary/aromatic N) is 2. The van der Waals surface area contributed by atoms with Gasteiger partial charge in [0.05, 0.1) is 6.04 Å². The molecule has 4 rings (SSSR count). The molecule has 0 radical (unpaired) electrons. The van der Waals surface area contributed by atoms with Crippen molar-refractivity contribution in [3.8, 4) is 0 Å². The van der Waals surface area contributed by atoms with Crippen LogP contribution < -0.4 is 0 Å². The summed E-state index contributed by atoms with van der Waals surface area (Å²) >= 11 is 5.20. The lowest BCUT2D eigenvalue weighted by molar-refractivity contribution is 0.0696. The molecular weight excluding hydrogens is 384 g/mol. The third-order valence-corrected chi connectivity index (χ3v) is 5.86. The fourth-order valence-corrected chi connectivity index (χ4v) is 4.37. The number of thiophene rings is 1. The fourth-order valence-electron chi connectivity index (χ4n) is 3.20. The first kappa shape index (κ1) is 15.5. The Morgan fingerprint density at radius 2 is 1.88 bits per heavy atom. The molecule has 120 valence electrons. The third-order valence-electron chi connectivity index (χ3n) is 4.34. The smallest absolute Gasteiger partial charge is 0.254 e. The maximum atomic E-state index is 13.1. The average molecular weight is 399 g/mol. The number of benzene rings is 1. The van der Waals surface area contributed by atoms with Crippen LogP contribution >= 0.6 is 27.3 Å². The van der Waals surface area contributed by atoms with Gasteiger partial charge in [0.25, 0.3) is 5.91 Å². The summed E-state index contributed by atoms with van der Waals surface area (Å²) in [4.78, 5) is 20.6. The van der Waals surface area contributed by atoms with Crippen LogP contribution in [0.1, 0.15) is 32.4 Å². The van der Waals surface area contributed by atoms with E-state index < -0.39 is 0 Å². The average Bonchev–Trinajstić information content (AvgIpc) is 3.10. The second kappa shape index (κ2) is 6.49. The van der Waals surface area contributed by atoms with Crippen molar-refractivity contribution in [2.75, 3.05) is 6.54 Å². The Labute approximate surface area is 153 Å². The maximum Gasteiger partial charge on any atom is 0.254 e. The number of aromatic nitrogens is 1. The van der Waals surface area contributed by atoms with Gasteiger partial charge in [-0.25, -0.2) is 0 Å². The lowest BCUT2D eigenvalue weighted by Gasteiger charge is -2.36. The van der Waals surface area contributed by atoms with E-state index >= 15 is 0 Å². The summed E-state index contributed by atoms with van der Waals surface area (Å²) in [7, 11) is 0. The van der Waals surface area contributed by atoms with Gasteiger partial charge in [-0.2, -0.15) is 0 Å². The number of rotatable bonds is 2. The molecular formula is C19H15BrN2OS. The number of carbonyl (C=O) groups excluding carboxylic acids is 1. The number of hydrogen-bond acceptors (Lipinski definition) is 3. The molecule has 3 aromatic rings. The first-order valence-electron chi connectivity index (χ1n) is 7.77. The molecule has 2 aromatic heterocycles. The first-order chi connectivity index (χ1) is 11.7. The SMILES string of the molecule is O=C(c1ccc(Br)cc1)N1CCc2sccc2C1c1ccncc1. The van der Waals surface area contributed by atoms with Crippen molar-refractivity contribution in [2.45, 2.75) is 12.5 Å². The van der Waals surface area contributed by atoms with Crippen molar-refractivity contribution in [3.05, 3.63) is 86.3 Å². The Bertz CT molecular complexity index is 861. The van der Waals surface area contributed by atoms with E-state index in [1.54, 1.807) is 23.7 Å². The number of amides is 1. The molecule has 0 fully saturated rings. The van der Waals surface area contributed by atoms with Gasteiger partial charge in [-0.1, -0.05) is 15.9 Å². The quantitative estimate of drug-likeness (QED) is 0.626. The zero-order valence-electron chi connectivity index (χ0n) is 12.9. The molecule has 1 atom stereocenters. The van der Waals surface area contributed by atoms with E-state index in [0.29, 0.717) is 0 Å². The van der Waals surface area contributed by atoms with Crippen LogP contribution in [0.3, 0.4) is 0 Å².